The normalized spacial score (nSPS) is 12.4. The lowest BCUT2D eigenvalue weighted by molar-refractivity contribution is -0.133. The molecule has 0 aliphatic heterocycles. The number of phenols is 1. The van der Waals surface area contributed by atoms with Crippen LogP contribution in [-0.4, -0.2) is 22.2 Å². The van der Waals surface area contributed by atoms with E-state index in [1.807, 2.05) is 0 Å². The second kappa shape index (κ2) is 9.07. The van der Waals surface area contributed by atoms with E-state index in [4.69, 9.17) is 9.84 Å². The number of aliphatic carboxylic acids is 1. The number of carbonyl (C=O) groups is 2. The first-order valence-corrected chi connectivity index (χ1v) is 9.45. The maximum absolute atomic E-state index is 11.9. The number of aromatic hydroxyl groups is 1. The van der Waals surface area contributed by atoms with Crippen LogP contribution in [0.25, 0.3) is 0 Å². The highest BCUT2D eigenvalue weighted by molar-refractivity contribution is 5.91. The second-order valence-corrected chi connectivity index (χ2v) is 8.23. The van der Waals surface area contributed by atoms with Crippen molar-refractivity contribution in [3.8, 4) is 11.5 Å². The monoisotopic (exact) mass is 376 g/mol. The van der Waals surface area contributed by atoms with E-state index in [1.54, 1.807) is 12.1 Å². The number of ether oxygens (including phenoxy) is 1. The minimum atomic E-state index is -1.22. The van der Waals surface area contributed by atoms with Gasteiger partial charge in [-0.2, -0.15) is 0 Å². The molecule has 0 fully saturated rings. The maximum atomic E-state index is 11.9. The molecule has 0 aliphatic carbocycles. The van der Waals surface area contributed by atoms with Crippen LogP contribution < -0.4 is 4.74 Å². The summed E-state index contributed by atoms with van der Waals surface area (Å²) in [5, 5.41) is 19.7. The summed E-state index contributed by atoms with van der Waals surface area (Å²) in [6, 6.07) is 3.37. The van der Waals surface area contributed by atoms with Crippen LogP contribution in [0.15, 0.2) is 24.3 Å². The molecule has 1 aromatic carbocycles. The average Bonchev–Trinajstić information content (AvgIpc) is 2.54. The van der Waals surface area contributed by atoms with Gasteiger partial charge in [-0.15, -0.1) is 0 Å². The summed E-state index contributed by atoms with van der Waals surface area (Å²) < 4.78 is 5.35. The van der Waals surface area contributed by atoms with Crippen LogP contribution in [0.1, 0.15) is 78.4 Å². The number of hydrogen-bond acceptors (Lipinski definition) is 4. The van der Waals surface area contributed by atoms with Crippen LogP contribution in [0.3, 0.4) is 0 Å². The first kappa shape index (κ1) is 22.7. The summed E-state index contributed by atoms with van der Waals surface area (Å²) >= 11 is 0. The van der Waals surface area contributed by atoms with E-state index in [0.29, 0.717) is 5.75 Å². The lowest BCUT2D eigenvalue weighted by Crippen LogP contribution is -2.22. The lowest BCUT2D eigenvalue weighted by atomic mass is 9.74. The molecule has 0 aliphatic rings. The Labute approximate surface area is 162 Å². The van der Waals surface area contributed by atoms with Crippen molar-refractivity contribution in [2.24, 2.45) is 0 Å². The van der Waals surface area contributed by atoms with Gasteiger partial charge >= 0.3 is 11.9 Å². The summed E-state index contributed by atoms with van der Waals surface area (Å²) in [5.41, 5.74) is 0.872. The van der Waals surface area contributed by atoms with Gasteiger partial charge in [-0.3, -0.25) is 0 Å². The zero-order valence-electron chi connectivity index (χ0n) is 17.3. The van der Waals surface area contributed by atoms with Crippen LogP contribution in [0.4, 0.5) is 0 Å². The third kappa shape index (κ3) is 6.12. The quantitative estimate of drug-likeness (QED) is 0.356. The van der Waals surface area contributed by atoms with Gasteiger partial charge in [-0.05, 0) is 35.8 Å². The highest BCUT2D eigenvalue weighted by Crippen LogP contribution is 2.44. The number of phenolic OH excluding ortho intramolecular Hbond substituents is 1. The molecule has 0 bridgehead atoms. The number of benzene rings is 1. The fourth-order valence-corrected chi connectivity index (χ4v) is 3.51. The van der Waals surface area contributed by atoms with Gasteiger partial charge in [0.05, 0.1) is 0 Å². The molecule has 0 radical (unpaired) electrons. The third-order valence-electron chi connectivity index (χ3n) is 4.87. The standard InChI is InChI=1S/C22H32O5/c1-7-11-21(3,4)16-13-15(27-19(25)10-9-18(23)24)14-17(20(16)26)22(5,6)12-8-2/h9-10,13-14,26H,7-8,11-12H2,1-6H3,(H,23,24)/b10-9-. The van der Waals surface area contributed by atoms with Gasteiger partial charge in [0, 0.05) is 23.3 Å². The second-order valence-electron chi connectivity index (χ2n) is 8.23. The molecule has 0 amide bonds. The Morgan fingerprint density at radius 1 is 0.963 bits per heavy atom. The van der Waals surface area contributed by atoms with Gasteiger partial charge in [0.15, 0.2) is 0 Å². The van der Waals surface area contributed by atoms with E-state index < -0.39 is 11.9 Å². The molecule has 0 saturated heterocycles. The average molecular weight is 376 g/mol. The summed E-state index contributed by atoms with van der Waals surface area (Å²) in [6.07, 6.45) is 5.25. The summed E-state index contributed by atoms with van der Waals surface area (Å²) in [7, 11) is 0. The van der Waals surface area contributed by atoms with E-state index in [9.17, 15) is 14.7 Å². The fourth-order valence-electron chi connectivity index (χ4n) is 3.51. The molecule has 2 N–H and O–H groups in total. The molecule has 150 valence electrons. The zero-order chi connectivity index (χ0) is 20.8. The molecule has 27 heavy (non-hydrogen) atoms. The predicted molar refractivity (Wildman–Crippen MR) is 106 cm³/mol. The van der Waals surface area contributed by atoms with Crippen molar-refractivity contribution in [1.29, 1.82) is 0 Å². The number of esters is 1. The molecule has 1 aromatic rings. The van der Waals surface area contributed by atoms with E-state index >= 15 is 0 Å². The van der Waals surface area contributed by atoms with Gasteiger partial charge in [-0.1, -0.05) is 54.4 Å². The molecule has 5 nitrogen and oxygen atoms in total. The smallest absolute Gasteiger partial charge is 0.336 e. The van der Waals surface area contributed by atoms with Crippen molar-refractivity contribution in [2.45, 2.75) is 78.1 Å². The number of rotatable bonds is 9. The molecule has 0 heterocycles. The van der Waals surface area contributed by atoms with Gasteiger partial charge in [0.2, 0.25) is 0 Å². The first-order chi connectivity index (χ1) is 12.4. The van der Waals surface area contributed by atoms with E-state index in [1.165, 1.54) is 0 Å². The molecule has 0 aromatic heterocycles. The molecular weight excluding hydrogens is 344 g/mol. The Morgan fingerprint density at radius 2 is 1.41 bits per heavy atom. The molecule has 1 rings (SSSR count). The molecule has 5 heteroatoms. The first-order valence-electron chi connectivity index (χ1n) is 9.45. The minimum absolute atomic E-state index is 0.243. The number of carbonyl (C=O) groups excluding carboxylic acids is 1. The van der Waals surface area contributed by atoms with Crippen LogP contribution >= 0.6 is 0 Å². The number of carboxylic acid groups (broad SMARTS) is 1. The number of hydrogen-bond donors (Lipinski definition) is 2. The molecule has 0 atom stereocenters. The highest BCUT2D eigenvalue weighted by atomic mass is 16.5. The van der Waals surface area contributed by atoms with Crippen LogP contribution in [0.5, 0.6) is 11.5 Å². The van der Waals surface area contributed by atoms with Crippen LogP contribution in [-0.2, 0) is 20.4 Å². The summed E-state index contributed by atoms with van der Waals surface area (Å²) in [4.78, 5) is 22.5. The highest BCUT2D eigenvalue weighted by Gasteiger charge is 2.31. The zero-order valence-corrected chi connectivity index (χ0v) is 17.3. The summed E-state index contributed by atoms with van der Waals surface area (Å²) in [5.74, 6) is -1.42. The van der Waals surface area contributed by atoms with E-state index in [0.717, 1.165) is 49.0 Å². The Kier molecular flexibility index (Phi) is 7.64. The van der Waals surface area contributed by atoms with Gasteiger partial charge < -0.3 is 14.9 Å². The van der Waals surface area contributed by atoms with Crippen molar-refractivity contribution in [3.05, 3.63) is 35.4 Å². The third-order valence-corrected chi connectivity index (χ3v) is 4.87. The van der Waals surface area contributed by atoms with Crippen molar-refractivity contribution in [3.63, 3.8) is 0 Å². The SMILES string of the molecule is CCCC(C)(C)c1cc(OC(=O)/C=C\C(=O)O)cc(C(C)(C)CCC)c1O. The molecule has 0 spiro atoms. The number of carboxylic acids is 1. The Bertz CT molecular complexity index is 674. The van der Waals surface area contributed by atoms with Crippen molar-refractivity contribution < 1.29 is 24.5 Å². The van der Waals surface area contributed by atoms with Crippen LogP contribution in [0.2, 0.25) is 0 Å². The van der Waals surface area contributed by atoms with Gasteiger partial charge in [0.25, 0.3) is 0 Å². The Balaban J connectivity index is 3.47. The minimum Gasteiger partial charge on any atom is -0.507 e. The Morgan fingerprint density at radius 3 is 1.78 bits per heavy atom. The van der Waals surface area contributed by atoms with Crippen molar-refractivity contribution >= 4 is 11.9 Å². The maximum Gasteiger partial charge on any atom is 0.336 e. The fraction of sp³-hybridized carbons (Fsp3) is 0.545. The van der Waals surface area contributed by atoms with Crippen molar-refractivity contribution in [1.82, 2.24) is 0 Å². The molecule has 0 unspecified atom stereocenters. The molecule has 0 saturated carbocycles. The topological polar surface area (TPSA) is 83.8 Å². The summed E-state index contributed by atoms with van der Waals surface area (Å²) in [6.45, 7) is 12.4. The van der Waals surface area contributed by atoms with Crippen LogP contribution in [0, 0.1) is 0 Å². The lowest BCUT2D eigenvalue weighted by Gasteiger charge is -2.32. The van der Waals surface area contributed by atoms with Gasteiger partial charge in [0.1, 0.15) is 11.5 Å². The predicted octanol–water partition coefficient (Wildman–Crippen LogP) is 5.09. The van der Waals surface area contributed by atoms with E-state index in [2.05, 4.69) is 41.5 Å². The van der Waals surface area contributed by atoms with Crippen molar-refractivity contribution in [2.75, 3.05) is 0 Å². The molecular formula is C22H32O5. The largest absolute Gasteiger partial charge is 0.507 e. The van der Waals surface area contributed by atoms with E-state index in [-0.39, 0.29) is 16.6 Å². The Hall–Kier alpha value is -2.30. The van der Waals surface area contributed by atoms with Gasteiger partial charge in [-0.25, -0.2) is 9.59 Å².